The van der Waals surface area contributed by atoms with Crippen molar-refractivity contribution in [2.75, 3.05) is 27.3 Å². The Morgan fingerprint density at radius 1 is 0.903 bits per heavy atom. The number of nitrogens with one attached hydrogen (secondary N) is 1. The second-order valence-corrected chi connectivity index (χ2v) is 7.16. The smallest absolute Gasteiger partial charge is 0.262 e. The van der Waals surface area contributed by atoms with Crippen LogP contribution in [-0.2, 0) is 11.2 Å². The normalized spacial score (nSPS) is 12.8. The number of nitrogens with zero attached hydrogens (tertiary/aromatic N) is 1. The lowest BCUT2D eigenvalue weighted by atomic mass is 10.0. The van der Waals surface area contributed by atoms with Crippen LogP contribution in [0.2, 0.25) is 0 Å². The zero-order chi connectivity index (χ0) is 22.0. The van der Waals surface area contributed by atoms with Gasteiger partial charge >= 0.3 is 0 Å². The number of ether oxygens (including phenoxy) is 2. The number of hydrogen-bond donors (Lipinski definition) is 1. The summed E-state index contributed by atoms with van der Waals surface area (Å²) in [6.07, 6.45) is 0.498. The van der Waals surface area contributed by atoms with Crippen molar-refractivity contribution in [2.45, 2.75) is 6.42 Å². The van der Waals surface area contributed by atoms with Gasteiger partial charge in [-0.15, -0.1) is 0 Å². The number of benzene rings is 3. The topological polar surface area (TPSA) is 84.9 Å². The molecule has 7 nitrogen and oxygen atoms in total. The molecule has 3 aromatic carbocycles. The van der Waals surface area contributed by atoms with Crippen LogP contribution in [0.25, 0.3) is 10.8 Å². The molecule has 0 atom stereocenters. The zero-order valence-corrected chi connectivity index (χ0v) is 17.3. The number of carbonyl (C=O) groups excluding carboxylic acids is 3. The molecule has 158 valence electrons. The molecule has 1 heterocycles. The Morgan fingerprint density at radius 2 is 1.52 bits per heavy atom. The average molecular weight is 418 g/mol. The Labute approximate surface area is 179 Å². The molecule has 3 amide bonds. The molecule has 0 spiro atoms. The highest BCUT2D eigenvalue weighted by Gasteiger charge is 2.36. The van der Waals surface area contributed by atoms with Crippen molar-refractivity contribution >= 4 is 28.5 Å². The molecule has 7 heteroatoms. The lowest BCUT2D eigenvalue weighted by Crippen LogP contribution is -2.40. The fourth-order valence-corrected chi connectivity index (χ4v) is 3.88. The Bertz CT molecular complexity index is 1150. The van der Waals surface area contributed by atoms with Crippen LogP contribution in [-0.4, -0.2) is 49.9 Å². The van der Waals surface area contributed by atoms with Crippen LogP contribution in [0.3, 0.4) is 0 Å². The number of imide groups is 1. The first-order valence-corrected chi connectivity index (χ1v) is 9.89. The van der Waals surface area contributed by atoms with E-state index < -0.39 is 17.7 Å². The van der Waals surface area contributed by atoms with E-state index in [9.17, 15) is 14.4 Å². The number of rotatable bonds is 7. The Morgan fingerprint density at radius 3 is 2.13 bits per heavy atom. The highest BCUT2D eigenvalue weighted by molar-refractivity contribution is 6.22. The van der Waals surface area contributed by atoms with E-state index in [0.29, 0.717) is 24.1 Å². The maximum Gasteiger partial charge on any atom is 0.262 e. The predicted molar refractivity (Wildman–Crippen MR) is 116 cm³/mol. The monoisotopic (exact) mass is 418 g/mol. The minimum atomic E-state index is -0.448. The van der Waals surface area contributed by atoms with E-state index >= 15 is 0 Å². The van der Waals surface area contributed by atoms with Crippen LogP contribution in [0.1, 0.15) is 26.3 Å². The van der Waals surface area contributed by atoms with Gasteiger partial charge in [0.15, 0.2) is 0 Å². The van der Waals surface area contributed by atoms with E-state index in [-0.39, 0.29) is 6.54 Å². The summed E-state index contributed by atoms with van der Waals surface area (Å²) < 4.78 is 11.1. The van der Waals surface area contributed by atoms with Crippen LogP contribution in [0.4, 0.5) is 0 Å². The van der Waals surface area contributed by atoms with E-state index in [1.54, 1.807) is 38.5 Å². The number of hydrogen-bond acceptors (Lipinski definition) is 5. The van der Waals surface area contributed by atoms with Gasteiger partial charge in [0.1, 0.15) is 18.0 Å². The highest BCUT2D eigenvalue weighted by atomic mass is 16.5. The molecule has 0 saturated carbocycles. The predicted octanol–water partition coefficient (Wildman–Crippen LogP) is 2.81. The number of amides is 3. The molecule has 1 aliphatic heterocycles. The van der Waals surface area contributed by atoms with Gasteiger partial charge in [0.2, 0.25) is 5.91 Å². The molecule has 0 aliphatic carbocycles. The fraction of sp³-hybridized carbons (Fsp3) is 0.208. The van der Waals surface area contributed by atoms with Crippen LogP contribution >= 0.6 is 0 Å². The van der Waals surface area contributed by atoms with E-state index in [4.69, 9.17) is 9.47 Å². The molecule has 1 N–H and O–H groups in total. The van der Waals surface area contributed by atoms with Crippen molar-refractivity contribution in [3.05, 3.63) is 71.3 Å². The fourth-order valence-electron chi connectivity index (χ4n) is 3.88. The first-order valence-electron chi connectivity index (χ1n) is 9.89. The van der Waals surface area contributed by atoms with Gasteiger partial charge in [0.25, 0.3) is 11.8 Å². The van der Waals surface area contributed by atoms with Gasteiger partial charge in [0.05, 0.1) is 25.3 Å². The van der Waals surface area contributed by atoms with E-state index in [1.807, 2.05) is 30.3 Å². The first kappa shape index (κ1) is 20.4. The molecule has 4 rings (SSSR count). The van der Waals surface area contributed by atoms with Crippen LogP contribution in [0.5, 0.6) is 11.5 Å². The zero-order valence-electron chi connectivity index (χ0n) is 17.3. The van der Waals surface area contributed by atoms with E-state index in [2.05, 4.69) is 5.32 Å². The molecule has 1 aliphatic rings. The van der Waals surface area contributed by atoms with Crippen molar-refractivity contribution in [3.8, 4) is 11.5 Å². The van der Waals surface area contributed by atoms with E-state index in [1.165, 1.54) is 0 Å². The van der Waals surface area contributed by atoms with Gasteiger partial charge in [-0.05, 0) is 24.6 Å². The number of methoxy groups -OCH3 is 2. The minimum Gasteiger partial charge on any atom is -0.496 e. The third kappa shape index (κ3) is 3.70. The quantitative estimate of drug-likeness (QED) is 0.597. The Kier molecular flexibility index (Phi) is 5.58. The maximum atomic E-state index is 12.4. The summed E-state index contributed by atoms with van der Waals surface area (Å²) >= 11 is 0. The van der Waals surface area contributed by atoms with Crippen LogP contribution < -0.4 is 14.8 Å². The third-order valence-corrected chi connectivity index (χ3v) is 5.35. The molecular weight excluding hydrogens is 396 g/mol. The molecule has 0 fully saturated rings. The minimum absolute atomic E-state index is 0.315. The summed E-state index contributed by atoms with van der Waals surface area (Å²) in [4.78, 5) is 38.2. The van der Waals surface area contributed by atoms with E-state index in [0.717, 1.165) is 32.7 Å². The summed E-state index contributed by atoms with van der Waals surface area (Å²) in [6, 6.07) is 16.3. The van der Waals surface area contributed by atoms with Crippen LogP contribution in [0, 0.1) is 0 Å². The Hall–Kier alpha value is -3.87. The lowest BCUT2D eigenvalue weighted by molar-refractivity contribution is -0.121. The highest BCUT2D eigenvalue weighted by Crippen LogP contribution is 2.36. The second-order valence-electron chi connectivity index (χ2n) is 7.16. The SMILES string of the molecule is COc1cc(CCNC(=O)CN2C(=O)c3ccccc3C2=O)c(OC)c2ccccc12. The van der Waals surface area contributed by atoms with Gasteiger partial charge in [-0.2, -0.15) is 0 Å². The van der Waals surface area contributed by atoms with Crippen molar-refractivity contribution in [1.29, 1.82) is 0 Å². The second kappa shape index (κ2) is 8.47. The molecule has 0 aromatic heterocycles. The van der Waals surface area contributed by atoms with Crippen molar-refractivity contribution < 1.29 is 23.9 Å². The maximum absolute atomic E-state index is 12.4. The van der Waals surface area contributed by atoms with Crippen molar-refractivity contribution in [2.24, 2.45) is 0 Å². The molecule has 0 unspecified atom stereocenters. The number of fused-ring (bicyclic) bond motifs is 2. The standard InChI is InChI=1S/C24H22N2O5/c1-30-20-13-15(22(31-2)17-8-4-3-7-16(17)20)11-12-25-21(27)14-26-23(28)18-9-5-6-10-19(18)24(26)29/h3-10,13H,11-12,14H2,1-2H3,(H,25,27). The molecule has 0 saturated heterocycles. The summed E-state index contributed by atoms with van der Waals surface area (Å²) in [7, 11) is 3.22. The van der Waals surface area contributed by atoms with Gasteiger partial charge in [-0.3, -0.25) is 19.3 Å². The van der Waals surface area contributed by atoms with Crippen LogP contribution in [0.15, 0.2) is 54.6 Å². The lowest BCUT2D eigenvalue weighted by Gasteiger charge is -2.16. The first-order chi connectivity index (χ1) is 15.0. The summed E-state index contributed by atoms with van der Waals surface area (Å²) in [6.45, 7) is 0.00435. The van der Waals surface area contributed by atoms with Gasteiger partial charge in [0, 0.05) is 22.9 Å². The van der Waals surface area contributed by atoms with Gasteiger partial charge < -0.3 is 14.8 Å². The van der Waals surface area contributed by atoms with Gasteiger partial charge in [-0.1, -0.05) is 36.4 Å². The molecule has 31 heavy (non-hydrogen) atoms. The average Bonchev–Trinajstić information content (AvgIpc) is 3.03. The Balaban J connectivity index is 1.43. The molecule has 3 aromatic rings. The summed E-state index contributed by atoms with van der Waals surface area (Å²) in [5, 5.41) is 4.65. The van der Waals surface area contributed by atoms with Crippen molar-refractivity contribution in [1.82, 2.24) is 10.2 Å². The molecular formula is C24H22N2O5. The number of carbonyl (C=O) groups is 3. The van der Waals surface area contributed by atoms with Gasteiger partial charge in [-0.25, -0.2) is 0 Å². The summed E-state index contributed by atoms with van der Waals surface area (Å²) in [5.74, 6) is 0.157. The van der Waals surface area contributed by atoms with Crippen molar-refractivity contribution in [3.63, 3.8) is 0 Å². The third-order valence-electron chi connectivity index (χ3n) is 5.35. The molecule has 0 radical (unpaired) electrons. The summed E-state index contributed by atoms with van der Waals surface area (Å²) in [5.41, 5.74) is 1.54. The molecule has 0 bridgehead atoms. The largest absolute Gasteiger partial charge is 0.496 e.